The summed E-state index contributed by atoms with van der Waals surface area (Å²) in [5.41, 5.74) is 0. The molecule has 1 amide bonds. The van der Waals surface area contributed by atoms with Crippen LogP contribution in [-0.4, -0.2) is 52.5 Å². The van der Waals surface area contributed by atoms with Gasteiger partial charge < -0.3 is 14.7 Å². The van der Waals surface area contributed by atoms with Gasteiger partial charge >= 0.3 is 0 Å². The Hall–Kier alpha value is -1.27. The van der Waals surface area contributed by atoms with Crippen LogP contribution in [0.4, 0.5) is 0 Å². The van der Waals surface area contributed by atoms with E-state index < -0.39 is 29.4 Å². The Morgan fingerprint density at radius 1 is 1.21 bits per heavy atom. The molecule has 0 saturated carbocycles. The maximum Gasteiger partial charge on any atom is 0.296 e. The Kier molecular flexibility index (Phi) is 6.52. The van der Waals surface area contributed by atoms with Crippen molar-refractivity contribution in [2.24, 2.45) is 5.92 Å². The van der Waals surface area contributed by atoms with E-state index in [1.807, 2.05) is 6.92 Å². The lowest BCUT2D eigenvalue weighted by molar-refractivity contribution is -0.240. The summed E-state index contributed by atoms with van der Waals surface area (Å²) >= 11 is 0. The van der Waals surface area contributed by atoms with Crippen LogP contribution in [0.3, 0.4) is 0 Å². The summed E-state index contributed by atoms with van der Waals surface area (Å²) in [5, 5.41) is 10.6. The number of piperidine rings is 1. The number of ether oxygens (including phenoxy) is 1. The zero-order chi connectivity index (χ0) is 17.7. The van der Waals surface area contributed by atoms with Crippen molar-refractivity contribution in [1.29, 1.82) is 0 Å². The molecule has 6 heteroatoms. The number of hydrogen-bond donors (Lipinski definition) is 1. The molecule has 2 aliphatic heterocycles. The minimum absolute atomic E-state index is 0.0160. The molecule has 136 valence electrons. The van der Waals surface area contributed by atoms with E-state index in [-0.39, 0.29) is 12.4 Å². The van der Waals surface area contributed by atoms with Crippen molar-refractivity contribution in [2.45, 2.75) is 77.0 Å². The van der Waals surface area contributed by atoms with Crippen molar-refractivity contribution in [1.82, 2.24) is 4.90 Å². The quantitative estimate of drug-likeness (QED) is 0.746. The molecule has 0 bridgehead atoms. The van der Waals surface area contributed by atoms with E-state index in [1.54, 1.807) is 6.92 Å². The first kappa shape index (κ1) is 19.1. The predicted octanol–water partition coefficient (Wildman–Crippen LogP) is 1.83. The van der Waals surface area contributed by atoms with E-state index in [2.05, 4.69) is 0 Å². The number of rotatable bonds is 6. The van der Waals surface area contributed by atoms with Gasteiger partial charge in [0.05, 0.1) is 12.6 Å². The highest BCUT2D eigenvalue weighted by atomic mass is 16.6. The molecule has 0 spiro atoms. The molecule has 2 aliphatic rings. The lowest BCUT2D eigenvalue weighted by Crippen LogP contribution is -2.59. The average Bonchev–Trinajstić information content (AvgIpc) is 2.61. The Bertz CT molecular complexity index is 492. The van der Waals surface area contributed by atoms with Gasteiger partial charge in [0.25, 0.3) is 11.7 Å². The third-order valence-corrected chi connectivity index (χ3v) is 5.20. The second kappa shape index (κ2) is 8.21. The van der Waals surface area contributed by atoms with Crippen molar-refractivity contribution in [3.63, 3.8) is 0 Å². The number of ketones is 2. The molecule has 0 radical (unpaired) electrons. The summed E-state index contributed by atoms with van der Waals surface area (Å²) in [6.07, 6.45) is 5.75. The largest absolute Gasteiger partial charge is 0.359 e. The van der Waals surface area contributed by atoms with E-state index in [0.717, 1.165) is 32.1 Å². The van der Waals surface area contributed by atoms with E-state index >= 15 is 0 Å². The number of amides is 1. The first-order valence-electron chi connectivity index (χ1n) is 9.16. The summed E-state index contributed by atoms with van der Waals surface area (Å²) < 4.78 is 5.29. The minimum Gasteiger partial charge on any atom is -0.359 e. The van der Waals surface area contributed by atoms with Gasteiger partial charge in [0, 0.05) is 18.9 Å². The van der Waals surface area contributed by atoms with Crippen molar-refractivity contribution in [3.8, 4) is 0 Å². The van der Waals surface area contributed by atoms with E-state index in [4.69, 9.17) is 4.74 Å². The number of Topliss-reactive ketones (excluding diaryl/α,β-unsaturated/α-hetero) is 2. The molecular weight excluding hydrogens is 310 g/mol. The van der Waals surface area contributed by atoms with Gasteiger partial charge in [0.15, 0.2) is 5.78 Å². The molecule has 2 heterocycles. The summed E-state index contributed by atoms with van der Waals surface area (Å²) in [5.74, 6) is -4.17. The van der Waals surface area contributed by atoms with Crippen LogP contribution >= 0.6 is 0 Å². The van der Waals surface area contributed by atoms with Gasteiger partial charge in [-0.2, -0.15) is 0 Å². The van der Waals surface area contributed by atoms with E-state index in [9.17, 15) is 19.5 Å². The number of carbonyl (C=O) groups excluding carboxylic acids is 3. The predicted molar refractivity (Wildman–Crippen MR) is 88.2 cm³/mol. The number of nitrogens with zero attached hydrogens (tertiary/aromatic N) is 1. The highest BCUT2D eigenvalue weighted by molar-refractivity contribution is 6.39. The molecule has 3 unspecified atom stereocenters. The fourth-order valence-corrected chi connectivity index (χ4v) is 3.56. The fourth-order valence-electron chi connectivity index (χ4n) is 3.56. The van der Waals surface area contributed by atoms with Crippen LogP contribution in [0.25, 0.3) is 0 Å². The lowest BCUT2D eigenvalue weighted by Gasteiger charge is -2.39. The van der Waals surface area contributed by atoms with Crippen LogP contribution < -0.4 is 0 Å². The van der Waals surface area contributed by atoms with E-state index in [0.29, 0.717) is 25.8 Å². The Labute approximate surface area is 143 Å². The lowest BCUT2D eigenvalue weighted by atomic mass is 9.88. The topological polar surface area (TPSA) is 83.9 Å². The molecule has 2 saturated heterocycles. The van der Waals surface area contributed by atoms with Gasteiger partial charge in [-0.25, -0.2) is 0 Å². The van der Waals surface area contributed by atoms with Crippen LogP contribution in [0.1, 0.15) is 65.2 Å². The van der Waals surface area contributed by atoms with Crippen molar-refractivity contribution in [3.05, 3.63) is 0 Å². The molecule has 0 aromatic carbocycles. The van der Waals surface area contributed by atoms with Crippen molar-refractivity contribution in [2.75, 3.05) is 13.2 Å². The monoisotopic (exact) mass is 339 g/mol. The van der Waals surface area contributed by atoms with Crippen molar-refractivity contribution >= 4 is 17.5 Å². The van der Waals surface area contributed by atoms with Gasteiger partial charge in [0.1, 0.15) is 0 Å². The zero-order valence-corrected chi connectivity index (χ0v) is 14.8. The first-order valence-corrected chi connectivity index (χ1v) is 9.16. The molecule has 6 nitrogen and oxygen atoms in total. The number of hydrogen-bond acceptors (Lipinski definition) is 5. The molecule has 0 aliphatic carbocycles. The number of unbranched alkanes of at least 4 members (excludes halogenated alkanes) is 1. The highest BCUT2D eigenvalue weighted by Crippen LogP contribution is 2.31. The highest BCUT2D eigenvalue weighted by Gasteiger charge is 2.50. The SMILES string of the molecule is CCCCC(=O)C1CCCCN1C(=O)C(=O)C1(O)OCCCC1C. The van der Waals surface area contributed by atoms with Gasteiger partial charge in [-0.05, 0) is 38.5 Å². The summed E-state index contributed by atoms with van der Waals surface area (Å²) in [6, 6.07) is -0.538. The maximum atomic E-state index is 12.7. The minimum atomic E-state index is -2.05. The molecule has 0 aromatic heterocycles. The van der Waals surface area contributed by atoms with Gasteiger partial charge in [0.2, 0.25) is 5.79 Å². The molecule has 24 heavy (non-hydrogen) atoms. The van der Waals surface area contributed by atoms with Crippen LogP contribution in [0, 0.1) is 5.92 Å². The standard InChI is InChI=1S/C18H29NO5/c1-3-4-10-15(20)14-9-5-6-11-19(14)17(22)16(21)18(23)13(2)8-7-12-24-18/h13-14,23H,3-12H2,1-2H3. The Morgan fingerprint density at radius 2 is 1.96 bits per heavy atom. The average molecular weight is 339 g/mol. The molecule has 1 N–H and O–H groups in total. The van der Waals surface area contributed by atoms with Crippen LogP contribution in [-0.2, 0) is 19.1 Å². The van der Waals surface area contributed by atoms with Gasteiger partial charge in [-0.15, -0.1) is 0 Å². The maximum absolute atomic E-state index is 12.7. The van der Waals surface area contributed by atoms with Crippen LogP contribution in [0.15, 0.2) is 0 Å². The molecule has 3 atom stereocenters. The normalized spacial score (nSPS) is 30.9. The molecular formula is C18H29NO5. The smallest absolute Gasteiger partial charge is 0.296 e. The zero-order valence-electron chi connectivity index (χ0n) is 14.8. The van der Waals surface area contributed by atoms with E-state index in [1.165, 1.54) is 4.90 Å². The van der Waals surface area contributed by atoms with Gasteiger partial charge in [-0.1, -0.05) is 20.3 Å². The summed E-state index contributed by atoms with van der Waals surface area (Å²) in [6.45, 7) is 4.37. The summed E-state index contributed by atoms with van der Waals surface area (Å²) in [7, 11) is 0. The van der Waals surface area contributed by atoms with Crippen LogP contribution in [0.2, 0.25) is 0 Å². The van der Waals surface area contributed by atoms with Gasteiger partial charge in [-0.3, -0.25) is 14.4 Å². The summed E-state index contributed by atoms with van der Waals surface area (Å²) in [4.78, 5) is 39.1. The first-order chi connectivity index (χ1) is 11.4. The molecule has 2 rings (SSSR count). The Morgan fingerprint density at radius 3 is 2.62 bits per heavy atom. The molecule has 2 fully saturated rings. The third kappa shape index (κ3) is 3.86. The Balaban J connectivity index is 2.12. The molecule has 0 aromatic rings. The second-order valence-corrected chi connectivity index (χ2v) is 7.00. The second-order valence-electron chi connectivity index (χ2n) is 7.00. The number of carbonyl (C=O) groups is 3. The number of likely N-dealkylation sites (tertiary alicyclic amines) is 1. The number of aliphatic hydroxyl groups is 1. The van der Waals surface area contributed by atoms with Crippen molar-refractivity contribution < 1.29 is 24.2 Å². The fraction of sp³-hybridized carbons (Fsp3) is 0.833. The van der Waals surface area contributed by atoms with Crippen LogP contribution in [0.5, 0.6) is 0 Å². The third-order valence-electron chi connectivity index (χ3n) is 5.20.